The topological polar surface area (TPSA) is 35.5 Å². The van der Waals surface area contributed by atoms with Crippen molar-refractivity contribution in [2.24, 2.45) is 0 Å². The first-order valence-corrected chi connectivity index (χ1v) is 9.05. The Hall–Kier alpha value is -1.68. The van der Waals surface area contributed by atoms with E-state index < -0.39 is 0 Å². The van der Waals surface area contributed by atoms with Gasteiger partial charge in [-0.3, -0.25) is 4.90 Å². The average Bonchev–Trinajstić information content (AvgIpc) is 3.03. The van der Waals surface area contributed by atoms with E-state index in [9.17, 15) is 5.11 Å². The molecule has 0 spiro atoms. The van der Waals surface area contributed by atoms with Gasteiger partial charge in [0.2, 0.25) is 0 Å². The summed E-state index contributed by atoms with van der Waals surface area (Å²) in [6.07, 6.45) is 2.95. The number of aliphatic hydroxyl groups is 1. The summed E-state index contributed by atoms with van der Waals surface area (Å²) in [7, 11) is 0. The number of β-amino-alcohol motifs (C(OH)–C–C–N with tert-alkyl or cyclic N) is 1. The number of hydrogen-bond acceptors (Lipinski definition) is 3. The highest BCUT2D eigenvalue weighted by atomic mass is 16.3. The minimum absolute atomic E-state index is 0.307. The highest BCUT2D eigenvalue weighted by Crippen LogP contribution is 2.22. The first-order valence-electron chi connectivity index (χ1n) is 9.05. The molecule has 1 heterocycles. The Morgan fingerprint density at radius 1 is 0.958 bits per heavy atom. The number of nitrogens with zero attached hydrogens (tertiary/aromatic N) is 1. The lowest BCUT2D eigenvalue weighted by molar-refractivity contribution is 0.102. The molecular formula is C21H26N2O. The van der Waals surface area contributed by atoms with E-state index in [4.69, 9.17) is 0 Å². The van der Waals surface area contributed by atoms with Gasteiger partial charge in [-0.2, -0.15) is 0 Å². The molecule has 2 aromatic rings. The Bertz CT molecular complexity index is 675. The quantitative estimate of drug-likeness (QED) is 0.885. The second kappa shape index (κ2) is 7.06. The molecule has 1 unspecified atom stereocenters. The molecule has 1 aliphatic heterocycles. The van der Waals surface area contributed by atoms with Crippen LogP contribution in [0.25, 0.3) is 0 Å². The maximum atomic E-state index is 10.4. The van der Waals surface area contributed by atoms with Crippen molar-refractivity contribution >= 4 is 0 Å². The Morgan fingerprint density at radius 2 is 1.58 bits per heavy atom. The van der Waals surface area contributed by atoms with Crippen LogP contribution in [0.15, 0.2) is 48.5 Å². The summed E-state index contributed by atoms with van der Waals surface area (Å²) in [6, 6.07) is 17.8. The summed E-state index contributed by atoms with van der Waals surface area (Å²) < 4.78 is 0. The fourth-order valence-electron chi connectivity index (χ4n) is 4.08. The molecule has 4 rings (SSSR count). The number of fused-ring (bicyclic) bond motifs is 2. The highest BCUT2D eigenvalue weighted by molar-refractivity contribution is 5.33. The van der Waals surface area contributed by atoms with Crippen molar-refractivity contribution in [3.63, 3.8) is 0 Å². The van der Waals surface area contributed by atoms with Gasteiger partial charge in [0.1, 0.15) is 0 Å². The van der Waals surface area contributed by atoms with Crippen molar-refractivity contribution < 1.29 is 5.11 Å². The number of benzene rings is 2. The van der Waals surface area contributed by atoms with Crippen molar-refractivity contribution in [2.75, 3.05) is 19.6 Å². The predicted molar refractivity (Wildman–Crippen MR) is 97.1 cm³/mol. The van der Waals surface area contributed by atoms with E-state index in [1.807, 2.05) is 0 Å². The molecule has 2 aliphatic rings. The van der Waals surface area contributed by atoms with Crippen molar-refractivity contribution in [1.82, 2.24) is 10.2 Å². The fraction of sp³-hybridized carbons (Fsp3) is 0.429. The van der Waals surface area contributed by atoms with Gasteiger partial charge in [0.05, 0.1) is 6.10 Å². The van der Waals surface area contributed by atoms with Crippen molar-refractivity contribution in [3.8, 4) is 0 Å². The van der Waals surface area contributed by atoms with Crippen molar-refractivity contribution in [2.45, 2.75) is 38.0 Å². The molecule has 0 amide bonds. The molecule has 3 nitrogen and oxygen atoms in total. The molecule has 2 N–H and O–H groups in total. The molecule has 24 heavy (non-hydrogen) atoms. The van der Waals surface area contributed by atoms with Gasteiger partial charge in [-0.1, -0.05) is 48.5 Å². The van der Waals surface area contributed by atoms with E-state index in [0.29, 0.717) is 12.6 Å². The molecule has 0 radical (unpaired) electrons. The molecule has 0 fully saturated rings. The van der Waals surface area contributed by atoms with E-state index in [0.717, 1.165) is 38.9 Å². The molecule has 0 saturated carbocycles. The van der Waals surface area contributed by atoms with Crippen LogP contribution >= 0.6 is 0 Å². The number of rotatable bonds is 5. The Labute approximate surface area is 144 Å². The van der Waals surface area contributed by atoms with Crippen LogP contribution in [0, 0.1) is 0 Å². The van der Waals surface area contributed by atoms with Crippen LogP contribution in [0.1, 0.15) is 22.3 Å². The summed E-state index contributed by atoms with van der Waals surface area (Å²) in [5.74, 6) is 0. The van der Waals surface area contributed by atoms with Gasteiger partial charge in [-0.05, 0) is 41.5 Å². The Balaban J connectivity index is 1.24. The maximum Gasteiger partial charge on any atom is 0.0791 e. The van der Waals surface area contributed by atoms with Crippen LogP contribution in [-0.2, 0) is 25.8 Å². The van der Waals surface area contributed by atoms with Crippen LogP contribution in [0.4, 0.5) is 0 Å². The minimum atomic E-state index is -0.307. The Kier molecular flexibility index (Phi) is 4.65. The first kappa shape index (κ1) is 15.8. The SMILES string of the molecule is OC(CNC1Cc2ccccc2C1)CN1CCc2ccccc2C1. The van der Waals surface area contributed by atoms with Gasteiger partial charge in [0, 0.05) is 32.2 Å². The lowest BCUT2D eigenvalue weighted by atomic mass is 10.00. The summed E-state index contributed by atoms with van der Waals surface area (Å²) in [5, 5.41) is 14.0. The molecule has 2 aromatic carbocycles. The van der Waals surface area contributed by atoms with Crippen LogP contribution in [0.3, 0.4) is 0 Å². The summed E-state index contributed by atoms with van der Waals surface area (Å²) >= 11 is 0. The van der Waals surface area contributed by atoms with Crippen LogP contribution in [0.5, 0.6) is 0 Å². The molecule has 3 heteroatoms. The van der Waals surface area contributed by atoms with Crippen molar-refractivity contribution in [1.29, 1.82) is 0 Å². The van der Waals surface area contributed by atoms with Gasteiger partial charge >= 0.3 is 0 Å². The van der Waals surface area contributed by atoms with E-state index >= 15 is 0 Å². The second-order valence-corrected chi connectivity index (χ2v) is 7.19. The molecule has 1 aliphatic carbocycles. The molecule has 126 valence electrons. The van der Waals surface area contributed by atoms with E-state index in [2.05, 4.69) is 58.7 Å². The summed E-state index contributed by atoms with van der Waals surface area (Å²) in [6.45, 7) is 3.43. The van der Waals surface area contributed by atoms with E-state index in [1.165, 1.54) is 22.3 Å². The molecule has 0 aromatic heterocycles. The average molecular weight is 322 g/mol. The molecule has 0 saturated heterocycles. The third kappa shape index (κ3) is 3.54. The number of aliphatic hydroxyl groups excluding tert-OH is 1. The monoisotopic (exact) mass is 322 g/mol. The van der Waals surface area contributed by atoms with E-state index in [1.54, 1.807) is 0 Å². The van der Waals surface area contributed by atoms with Crippen LogP contribution in [0.2, 0.25) is 0 Å². The van der Waals surface area contributed by atoms with Gasteiger partial charge < -0.3 is 10.4 Å². The summed E-state index contributed by atoms with van der Waals surface area (Å²) in [5.41, 5.74) is 5.79. The molecule has 0 bridgehead atoms. The van der Waals surface area contributed by atoms with Crippen LogP contribution in [-0.4, -0.2) is 41.8 Å². The fourth-order valence-corrected chi connectivity index (χ4v) is 4.08. The van der Waals surface area contributed by atoms with Gasteiger partial charge in [0.15, 0.2) is 0 Å². The summed E-state index contributed by atoms with van der Waals surface area (Å²) in [4.78, 5) is 2.37. The second-order valence-electron chi connectivity index (χ2n) is 7.19. The van der Waals surface area contributed by atoms with E-state index in [-0.39, 0.29) is 6.10 Å². The van der Waals surface area contributed by atoms with Gasteiger partial charge in [0.25, 0.3) is 0 Å². The zero-order valence-corrected chi connectivity index (χ0v) is 14.1. The first-order chi connectivity index (χ1) is 11.8. The van der Waals surface area contributed by atoms with Gasteiger partial charge in [-0.25, -0.2) is 0 Å². The zero-order valence-electron chi connectivity index (χ0n) is 14.1. The third-order valence-electron chi connectivity index (χ3n) is 5.37. The van der Waals surface area contributed by atoms with Gasteiger partial charge in [-0.15, -0.1) is 0 Å². The number of hydrogen-bond donors (Lipinski definition) is 2. The predicted octanol–water partition coefficient (Wildman–Crippen LogP) is 2.16. The van der Waals surface area contributed by atoms with Crippen LogP contribution < -0.4 is 5.32 Å². The third-order valence-corrected chi connectivity index (χ3v) is 5.37. The smallest absolute Gasteiger partial charge is 0.0791 e. The Morgan fingerprint density at radius 3 is 2.29 bits per heavy atom. The normalized spacial score (nSPS) is 19.0. The largest absolute Gasteiger partial charge is 0.390 e. The standard InChI is InChI=1S/C21H26N2O/c24-21(13-22-20-11-17-6-2-3-7-18(17)12-20)15-23-10-9-16-5-1-4-8-19(16)14-23/h1-8,20-22,24H,9-15H2. The lowest BCUT2D eigenvalue weighted by Gasteiger charge is -2.30. The van der Waals surface area contributed by atoms with Crippen molar-refractivity contribution in [3.05, 3.63) is 70.8 Å². The lowest BCUT2D eigenvalue weighted by Crippen LogP contribution is -2.43. The maximum absolute atomic E-state index is 10.4. The molecule has 1 atom stereocenters. The number of nitrogens with one attached hydrogen (secondary N) is 1. The zero-order chi connectivity index (χ0) is 16.4. The highest BCUT2D eigenvalue weighted by Gasteiger charge is 2.22. The molecular weight excluding hydrogens is 296 g/mol. The minimum Gasteiger partial charge on any atom is -0.390 e.